The monoisotopic (exact) mass is 257 g/mol. The summed E-state index contributed by atoms with van der Waals surface area (Å²) >= 11 is 0. The molecule has 0 radical (unpaired) electrons. The van der Waals surface area contributed by atoms with Gasteiger partial charge in [-0.05, 0) is 51.9 Å². The summed E-state index contributed by atoms with van der Waals surface area (Å²) in [5.74, 6) is 0. The molecule has 3 aromatic rings. The van der Waals surface area contributed by atoms with Crippen LogP contribution in [-0.2, 0) is 6.42 Å². The van der Waals surface area contributed by atoms with Gasteiger partial charge in [-0.15, -0.1) is 0 Å². The second-order valence-electron chi connectivity index (χ2n) is 5.30. The molecule has 1 aliphatic carbocycles. The van der Waals surface area contributed by atoms with E-state index in [0.29, 0.717) is 0 Å². The molecule has 0 aromatic heterocycles. The molecule has 0 saturated carbocycles. The lowest BCUT2D eigenvalue weighted by Crippen LogP contribution is -1.88. The quantitative estimate of drug-likeness (QED) is 0.499. The third kappa shape index (κ3) is 1.64. The molecule has 1 nitrogen and oxygen atoms in total. The molecule has 0 fully saturated rings. The Morgan fingerprint density at radius 2 is 1.55 bits per heavy atom. The number of hydrogen-bond donors (Lipinski definition) is 1. The van der Waals surface area contributed by atoms with Crippen LogP contribution in [0.2, 0.25) is 0 Å². The Kier molecular flexibility index (Phi) is 2.40. The summed E-state index contributed by atoms with van der Waals surface area (Å²) in [5, 5.41) is 0. The van der Waals surface area contributed by atoms with Crippen molar-refractivity contribution in [3.63, 3.8) is 0 Å². The van der Waals surface area contributed by atoms with Gasteiger partial charge in [0.1, 0.15) is 0 Å². The summed E-state index contributed by atoms with van der Waals surface area (Å²) in [6, 6.07) is 23.4. The maximum Gasteiger partial charge on any atom is 0.0320 e. The van der Waals surface area contributed by atoms with E-state index in [4.69, 9.17) is 5.73 Å². The lowest BCUT2D eigenvalue weighted by molar-refractivity contribution is 1.26. The highest BCUT2D eigenvalue weighted by Crippen LogP contribution is 2.43. The van der Waals surface area contributed by atoms with Gasteiger partial charge in [-0.3, -0.25) is 0 Å². The van der Waals surface area contributed by atoms with Crippen LogP contribution in [0.25, 0.3) is 22.3 Å². The molecule has 4 rings (SSSR count). The van der Waals surface area contributed by atoms with Crippen LogP contribution in [0.15, 0.2) is 66.7 Å². The van der Waals surface area contributed by atoms with Gasteiger partial charge in [0.25, 0.3) is 0 Å². The number of fused-ring (bicyclic) bond motifs is 3. The lowest BCUT2D eigenvalue weighted by atomic mass is 9.94. The van der Waals surface area contributed by atoms with Crippen LogP contribution in [0.5, 0.6) is 0 Å². The van der Waals surface area contributed by atoms with Gasteiger partial charge in [0.15, 0.2) is 0 Å². The molecular weight excluding hydrogens is 242 g/mol. The van der Waals surface area contributed by atoms with Crippen LogP contribution in [-0.4, -0.2) is 0 Å². The normalized spacial score (nSPS) is 12.0. The molecular formula is C19H15N. The molecule has 0 unspecified atom stereocenters. The number of hydrogen-bond acceptors (Lipinski definition) is 1. The Bertz CT molecular complexity index is 788. The number of benzene rings is 3. The molecule has 0 heterocycles. The van der Waals surface area contributed by atoms with Gasteiger partial charge < -0.3 is 5.73 Å². The standard InChI is InChI=1S/C19H15N/c20-16-10-9-14-11-15-7-4-8-17(19(15)18(14)12-16)13-5-2-1-3-6-13/h1-10,12H,11,20H2. The van der Waals surface area contributed by atoms with Crippen LogP contribution < -0.4 is 5.73 Å². The van der Waals surface area contributed by atoms with Gasteiger partial charge in [0.05, 0.1) is 0 Å². The first-order chi connectivity index (χ1) is 9.83. The van der Waals surface area contributed by atoms with E-state index in [-0.39, 0.29) is 0 Å². The number of nitrogen functional groups attached to an aromatic ring is 1. The molecule has 3 aromatic carbocycles. The zero-order valence-electron chi connectivity index (χ0n) is 11.1. The lowest BCUT2D eigenvalue weighted by Gasteiger charge is -2.10. The third-order valence-corrected chi connectivity index (χ3v) is 4.02. The molecule has 1 aliphatic rings. The fourth-order valence-electron chi connectivity index (χ4n) is 3.11. The van der Waals surface area contributed by atoms with Crippen molar-refractivity contribution in [2.75, 3.05) is 5.73 Å². The molecule has 0 saturated heterocycles. The Hall–Kier alpha value is -2.54. The van der Waals surface area contributed by atoms with Crippen molar-refractivity contribution in [2.45, 2.75) is 6.42 Å². The van der Waals surface area contributed by atoms with Crippen LogP contribution >= 0.6 is 0 Å². The highest BCUT2D eigenvalue weighted by molar-refractivity contribution is 5.91. The minimum absolute atomic E-state index is 0.833. The average molecular weight is 257 g/mol. The fourth-order valence-corrected chi connectivity index (χ4v) is 3.11. The Balaban J connectivity index is 2.01. The van der Waals surface area contributed by atoms with E-state index < -0.39 is 0 Å². The van der Waals surface area contributed by atoms with Gasteiger partial charge >= 0.3 is 0 Å². The molecule has 2 N–H and O–H groups in total. The topological polar surface area (TPSA) is 26.0 Å². The molecule has 0 atom stereocenters. The van der Waals surface area contributed by atoms with Crippen molar-refractivity contribution in [3.05, 3.63) is 77.9 Å². The van der Waals surface area contributed by atoms with Gasteiger partial charge in [-0.25, -0.2) is 0 Å². The molecule has 20 heavy (non-hydrogen) atoms. The van der Waals surface area contributed by atoms with Crippen molar-refractivity contribution in [2.24, 2.45) is 0 Å². The molecule has 0 bridgehead atoms. The number of anilines is 1. The second kappa shape index (κ2) is 4.24. The summed E-state index contributed by atoms with van der Waals surface area (Å²) in [6.07, 6.45) is 1.01. The van der Waals surface area contributed by atoms with E-state index in [1.54, 1.807) is 0 Å². The predicted molar refractivity (Wildman–Crippen MR) is 84.5 cm³/mol. The largest absolute Gasteiger partial charge is 0.399 e. The van der Waals surface area contributed by atoms with Gasteiger partial charge in [-0.2, -0.15) is 0 Å². The molecule has 0 amide bonds. The second-order valence-corrected chi connectivity index (χ2v) is 5.30. The first-order valence-corrected chi connectivity index (χ1v) is 6.89. The van der Waals surface area contributed by atoms with E-state index in [0.717, 1.165) is 12.1 Å². The average Bonchev–Trinajstić information content (AvgIpc) is 2.86. The van der Waals surface area contributed by atoms with Crippen LogP contribution in [0.4, 0.5) is 5.69 Å². The van der Waals surface area contributed by atoms with Crippen molar-refractivity contribution >= 4 is 5.69 Å². The minimum Gasteiger partial charge on any atom is -0.399 e. The van der Waals surface area contributed by atoms with Crippen LogP contribution in [0, 0.1) is 0 Å². The summed E-state index contributed by atoms with van der Waals surface area (Å²) in [7, 11) is 0. The molecule has 96 valence electrons. The zero-order chi connectivity index (χ0) is 13.5. The maximum absolute atomic E-state index is 5.98. The molecule has 0 spiro atoms. The smallest absolute Gasteiger partial charge is 0.0320 e. The first-order valence-electron chi connectivity index (χ1n) is 6.89. The minimum atomic E-state index is 0.833. The van der Waals surface area contributed by atoms with Gasteiger partial charge in [-0.1, -0.05) is 54.6 Å². The third-order valence-electron chi connectivity index (χ3n) is 4.02. The summed E-state index contributed by atoms with van der Waals surface area (Å²) in [4.78, 5) is 0. The van der Waals surface area contributed by atoms with Gasteiger partial charge in [0, 0.05) is 5.69 Å². The number of nitrogens with two attached hydrogens (primary N) is 1. The van der Waals surface area contributed by atoms with Crippen molar-refractivity contribution in [3.8, 4) is 22.3 Å². The highest BCUT2D eigenvalue weighted by atomic mass is 14.5. The van der Waals surface area contributed by atoms with Crippen LogP contribution in [0.1, 0.15) is 11.1 Å². The van der Waals surface area contributed by atoms with Crippen molar-refractivity contribution in [1.82, 2.24) is 0 Å². The Labute approximate surface area is 118 Å². The molecule has 0 aliphatic heterocycles. The molecule has 1 heteroatoms. The number of rotatable bonds is 1. The van der Waals surface area contributed by atoms with E-state index in [2.05, 4.69) is 60.7 Å². The maximum atomic E-state index is 5.98. The van der Waals surface area contributed by atoms with E-state index in [1.807, 2.05) is 6.07 Å². The Morgan fingerprint density at radius 1 is 0.700 bits per heavy atom. The van der Waals surface area contributed by atoms with Gasteiger partial charge in [0.2, 0.25) is 0 Å². The summed E-state index contributed by atoms with van der Waals surface area (Å²) < 4.78 is 0. The zero-order valence-corrected chi connectivity index (χ0v) is 11.1. The predicted octanol–water partition coefficient (Wildman–Crippen LogP) is 4.51. The van der Waals surface area contributed by atoms with E-state index >= 15 is 0 Å². The van der Waals surface area contributed by atoms with E-state index in [9.17, 15) is 0 Å². The fraction of sp³-hybridized carbons (Fsp3) is 0.0526. The summed E-state index contributed by atoms with van der Waals surface area (Å²) in [5.41, 5.74) is 14.8. The highest BCUT2D eigenvalue weighted by Gasteiger charge is 2.21. The van der Waals surface area contributed by atoms with E-state index in [1.165, 1.54) is 33.4 Å². The first kappa shape index (κ1) is 11.3. The van der Waals surface area contributed by atoms with Crippen molar-refractivity contribution < 1.29 is 0 Å². The SMILES string of the molecule is Nc1ccc2c(c1)-c1c(cccc1-c1ccccc1)C2. The van der Waals surface area contributed by atoms with Crippen molar-refractivity contribution in [1.29, 1.82) is 0 Å². The Morgan fingerprint density at radius 3 is 2.40 bits per heavy atom. The van der Waals surface area contributed by atoms with Crippen LogP contribution in [0.3, 0.4) is 0 Å². The summed E-state index contributed by atoms with van der Waals surface area (Å²) in [6.45, 7) is 0.